The van der Waals surface area contributed by atoms with Gasteiger partial charge in [-0.2, -0.15) is 9.57 Å². The summed E-state index contributed by atoms with van der Waals surface area (Å²) in [4.78, 5) is 9.57. The molecule has 7 nitrogen and oxygen atoms in total. The normalized spacial score (nSPS) is 16.6. The van der Waals surface area contributed by atoms with Crippen LogP contribution in [0.1, 0.15) is 22.4 Å². The maximum Gasteiger partial charge on any atom is 0.252 e. The van der Waals surface area contributed by atoms with Crippen LogP contribution in [0.5, 0.6) is 0 Å². The highest BCUT2D eigenvalue weighted by molar-refractivity contribution is 7.91. The molecule has 0 amide bonds. The highest BCUT2D eigenvalue weighted by atomic mass is 32.2. The molecule has 3 heterocycles. The molecular formula is C25H23N5O2S2. The van der Waals surface area contributed by atoms with Crippen molar-refractivity contribution >= 4 is 27.0 Å². The van der Waals surface area contributed by atoms with Crippen LogP contribution in [0.2, 0.25) is 0 Å². The van der Waals surface area contributed by atoms with Crippen LogP contribution in [-0.4, -0.2) is 35.3 Å². The Labute approximate surface area is 203 Å². The molecule has 0 bridgehead atoms. The van der Waals surface area contributed by atoms with E-state index >= 15 is 0 Å². The van der Waals surface area contributed by atoms with Crippen molar-refractivity contribution in [1.29, 1.82) is 5.26 Å². The lowest BCUT2D eigenvalue weighted by molar-refractivity contribution is 0.378. The minimum Gasteiger partial charge on any atom is -0.361 e. The fourth-order valence-corrected chi connectivity index (χ4v) is 7.00. The molecule has 4 aromatic rings. The maximum atomic E-state index is 13.6. The van der Waals surface area contributed by atoms with Crippen LogP contribution in [-0.2, 0) is 29.5 Å². The minimum atomic E-state index is -3.69. The quantitative estimate of drug-likeness (QED) is 0.439. The van der Waals surface area contributed by atoms with E-state index in [1.807, 2.05) is 24.3 Å². The smallest absolute Gasteiger partial charge is 0.252 e. The Balaban J connectivity index is 1.63. The van der Waals surface area contributed by atoms with E-state index < -0.39 is 10.0 Å². The Morgan fingerprint density at radius 3 is 2.71 bits per heavy atom. The number of benzene rings is 2. The van der Waals surface area contributed by atoms with E-state index in [1.54, 1.807) is 46.5 Å². The van der Waals surface area contributed by atoms with Gasteiger partial charge in [-0.1, -0.05) is 36.4 Å². The average molecular weight is 490 g/mol. The van der Waals surface area contributed by atoms with E-state index in [1.165, 1.54) is 11.3 Å². The van der Waals surface area contributed by atoms with E-state index in [-0.39, 0.29) is 12.6 Å². The van der Waals surface area contributed by atoms with E-state index in [4.69, 9.17) is 0 Å². The fourth-order valence-electron chi connectivity index (χ4n) is 4.40. The third kappa shape index (κ3) is 4.48. The van der Waals surface area contributed by atoms with Gasteiger partial charge in [-0.15, -0.1) is 11.3 Å². The second kappa shape index (κ2) is 9.43. The number of imidazole rings is 1. The predicted octanol–water partition coefficient (Wildman–Crippen LogP) is 4.17. The third-order valence-electron chi connectivity index (χ3n) is 6.02. The summed E-state index contributed by atoms with van der Waals surface area (Å²) in [6.07, 6.45) is 4.10. The van der Waals surface area contributed by atoms with E-state index in [0.29, 0.717) is 29.3 Å². The molecule has 1 N–H and O–H groups in total. The Morgan fingerprint density at radius 1 is 1.15 bits per heavy atom. The van der Waals surface area contributed by atoms with Crippen molar-refractivity contribution in [3.8, 4) is 6.07 Å². The molecule has 0 saturated carbocycles. The van der Waals surface area contributed by atoms with Crippen LogP contribution in [0.3, 0.4) is 0 Å². The lowest BCUT2D eigenvalue weighted by Crippen LogP contribution is -2.44. The van der Waals surface area contributed by atoms with Crippen molar-refractivity contribution in [1.82, 2.24) is 14.3 Å². The summed E-state index contributed by atoms with van der Waals surface area (Å²) in [6, 6.07) is 21.1. The second-order valence-electron chi connectivity index (χ2n) is 8.23. The number of anilines is 1. The standard InChI is InChI=1S/C25H23N5O2S2/c26-13-20-8-9-24-21(11-20)15-29(34(31,32)25-7-4-10-33-25)17-23(12-19-5-2-1-3-6-19)30(24)16-22-14-27-18-28-22/h1-11,14,18,23H,12,15-17H2,(H,27,28)/t23-/m0/s1. The number of rotatable bonds is 6. The number of aromatic nitrogens is 2. The number of nitrogens with zero attached hydrogens (tertiary/aromatic N) is 4. The Kier molecular flexibility index (Phi) is 6.20. The van der Waals surface area contributed by atoms with Crippen molar-refractivity contribution in [3.05, 3.63) is 101 Å². The van der Waals surface area contributed by atoms with Gasteiger partial charge in [0.05, 0.1) is 30.2 Å². The molecule has 0 saturated heterocycles. The van der Waals surface area contributed by atoms with Gasteiger partial charge >= 0.3 is 0 Å². The van der Waals surface area contributed by atoms with Crippen molar-refractivity contribution in [2.45, 2.75) is 29.8 Å². The molecule has 5 rings (SSSR count). The molecule has 0 radical (unpaired) electrons. The molecule has 0 spiro atoms. The zero-order valence-corrected chi connectivity index (χ0v) is 20.0. The number of sulfonamides is 1. The lowest BCUT2D eigenvalue weighted by Gasteiger charge is -2.34. The van der Waals surface area contributed by atoms with Gasteiger partial charge in [0.2, 0.25) is 0 Å². The monoisotopic (exact) mass is 489 g/mol. The maximum absolute atomic E-state index is 13.6. The van der Waals surface area contributed by atoms with Crippen LogP contribution < -0.4 is 4.90 Å². The first-order chi connectivity index (χ1) is 16.5. The summed E-state index contributed by atoms with van der Waals surface area (Å²) in [7, 11) is -3.69. The van der Waals surface area contributed by atoms with Crippen molar-refractivity contribution in [3.63, 3.8) is 0 Å². The summed E-state index contributed by atoms with van der Waals surface area (Å²) in [5.74, 6) is 0. The molecule has 0 aliphatic carbocycles. The van der Waals surface area contributed by atoms with Gasteiger partial charge < -0.3 is 9.88 Å². The van der Waals surface area contributed by atoms with Gasteiger partial charge in [0.1, 0.15) is 4.21 Å². The fraction of sp³-hybridized carbons (Fsp3) is 0.200. The lowest BCUT2D eigenvalue weighted by atomic mass is 10.0. The van der Waals surface area contributed by atoms with Crippen molar-refractivity contribution in [2.75, 3.05) is 11.4 Å². The Hall–Kier alpha value is -3.45. The first kappa shape index (κ1) is 22.3. The van der Waals surface area contributed by atoms with Gasteiger partial charge in [-0.25, -0.2) is 13.4 Å². The largest absolute Gasteiger partial charge is 0.361 e. The first-order valence-corrected chi connectivity index (χ1v) is 13.2. The number of thiophene rings is 1. The Bertz CT molecular complexity index is 1400. The number of hydrogen-bond acceptors (Lipinski definition) is 6. The molecule has 172 valence electrons. The molecular weight excluding hydrogens is 466 g/mol. The Morgan fingerprint density at radius 2 is 2.00 bits per heavy atom. The van der Waals surface area contributed by atoms with Crippen molar-refractivity contribution in [2.24, 2.45) is 0 Å². The minimum absolute atomic E-state index is 0.130. The highest BCUT2D eigenvalue weighted by Crippen LogP contribution is 2.34. The van der Waals surface area contributed by atoms with E-state index in [2.05, 4.69) is 33.1 Å². The van der Waals surface area contributed by atoms with Crippen molar-refractivity contribution < 1.29 is 8.42 Å². The molecule has 2 aromatic heterocycles. The summed E-state index contributed by atoms with van der Waals surface area (Å²) in [6.45, 7) is 1.07. The number of H-pyrrole nitrogens is 1. The zero-order valence-electron chi connectivity index (χ0n) is 18.3. The molecule has 34 heavy (non-hydrogen) atoms. The van der Waals surface area contributed by atoms with Gasteiger partial charge in [0, 0.05) is 31.0 Å². The molecule has 2 aromatic carbocycles. The highest BCUT2D eigenvalue weighted by Gasteiger charge is 2.35. The zero-order chi connectivity index (χ0) is 23.5. The van der Waals surface area contributed by atoms with Gasteiger partial charge in [0.25, 0.3) is 10.0 Å². The van der Waals surface area contributed by atoms with E-state index in [0.717, 1.165) is 22.5 Å². The average Bonchev–Trinajstić information content (AvgIpc) is 3.55. The van der Waals surface area contributed by atoms with Gasteiger partial charge in [0.15, 0.2) is 0 Å². The first-order valence-electron chi connectivity index (χ1n) is 10.9. The van der Waals surface area contributed by atoms with Crippen LogP contribution in [0, 0.1) is 11.3 Å². The van der Waals surface area contributed by atoms with Crippen LogP contribution in [0.4, 0.5) is 5.69 Å². The number of fused-ring (bicyclic) bond motifs is 1. The van der Waals surface area contributed by atoms with Crippen LogP contribution >= 0.6 is 11.3 Å². The number of nitrogens with one attached hydrogen (secondary N) is 1. The third-order valence-corrected chi connectivity index (χ3v) is 9.20. The number of nitriles is 1. The molecule has 1 aliphatic rings. The second-order valence-corrected chi connectivity index (χ2v) is 11.3. The summed E-state index contributed by atoms with van der Waals surface area (Å²) >= 11 is 1.22. The molecule has 9 heteroatoms. The number of hydrogen-bond donors (Lipinski definition) is 1. The topological polar surface area (TPSA) is 93.1 Å². The molecule has 0 fully saturated rings. The van der Waals surface area contributed by atoms with Crippen LogP contribution in [0.25, 0.3) is 0 Å². The summed E-state index contributed by atoms with van der Waals surface area (Å²) in [5.41, 5.74) is 4.32. The van der Waals surface area contributed by atoms with Gasteiger partial charge in [-0.3, -0.25) is 0 Å². The molecule has 0 unspecified atom stereocenters. The predicted molar refractivity (Wildman–Crippen MR) is 132 cm³/mol. The SMILES string of the molecule is N#Cc1ccc2c(c1)CN(S(=O)(=O)c1cccs1)C[C@H](Cc1ccccc1)N2Cc1cnc[nH]1. The van der Waals surface area contributed by atoms with Crippen LogP contribution in [0.15, 0.2) is 82.8 Å². The summed E-state index contributed by atoms with van der Waals surface area (Å²) < 4.78 is 29.1. The van der Waals surface area contributed by atoms with Gasteiger partial charge in [-0.05, 0) is 47.2 Å². The molecule has 1 aliphatic heterocycles. The van der Waals surface area contributed by atoms with E-state index in [9.17, 15) is 13.7 Å². The number of aromatic amines is 1. The summed E-state index contributed by atoms with van der Waals surface area (Å²) in [5, 5.41) is 11.3. The molecule has 1 atom stereocenters.